The lowest BCUT2D eigenvalue weighted by Crippen LogP contribution is -2.03. The highest BCUT2D eigenvalue weighted by Crippen LogP contribution is 2.11. The van der Waals surface area contributed by atoms with Crippen molar-refractivity contribution in [3.8, 4) is 0 Å². The fourth-order valence-electron chi connectivity index (χ4n) is 1.26. The third kappa shape index (κ3) is 1.44. The lowest BCUT2D eigenvalue weighted by Gasteiger charge is -1.99. The number of furan rings is 1. The van der Waals surface area contributed by atoms with Gasteiger partial charge in [-0.15, -0.1) is 0 Å². The summed E-state index contributed by atoms with van der Waals surface area (Å²) in [6.45, 7) is 1.80. The minimum absolute atomic E-state index is 0.124. The van der Waals surface area contributed by atoms with Crippen molar-refractivity contribution in [1.82, 2.24) is 4.98 Å². The van der Waals surface area contributed by atoms with E-state index in [1.807, 2.05) is 0 Å². The second kappa shape index (κ2) is 3.46. The van der Waals surface area contributed by atoms with Crippen LogP contribution in [0.1, 0.15) is 21.8 Å². The van der Waals surface area contributed by atoms with Crippen molar-refractivity contribution in [2.45, 2.75) is 6.92 Å². The fourth-order valence-corrected chi connectivity index (χ4v) is 1.26. The lowest BCUT2D eigenvalue weighted by molar-refractivity contribution is 0.101. The number of hydrogen-bond donors (Lipinski definition) is 0. The monoisotopic (exact) mass is 187 g/mol. The van der Waals surface area contributed by atoms with E-state index in [1.165, 1.54) is 6.26 Å². The molecule has 0 bridgehead atoms. The summed E-state index contributed by atoms with van der Waals surface area (Å²) in [6.07, 6.45) is 3.15. The van der Waals surface area contributed by atoms with Crippen LogP contribution in [0.4, 0.5) is 0 Å². The van der Waals surface area contributed by atoms with Gasteiger partial charge in [0, 0.05) is 17.5 Å². The normalized spacial score (nSPS) is 10.1. The van der Waals surface area contributed by atoms with Crippen LogP contribution in [0.3, 0.4) is 0 Å². The molecule has 2 heterocycles. The van der Waals surface area contributed by atoms with Crippen LogP contribution in [0.25, 0.3) is 0 Å². The van der Waals surface area contributed by atoms with Crippen molar-refractivity contribution >= 4 is 5.78 Å². The molecule has 0 aliphatic carbocycles. The molecule has 70 valence electrons. The summed E-state index contributed by atoms with van der Waals surface area (Å²) in [5.74, 6) is 0.224. The maximum absolute atomic E-state index is 11.8. The predicted molar refractivity (Wildman–Crippen MR) is 51.1 cm³/mol. The Morgan fingerprint density at radius 3 is 2.86 bits per heavy atom. The Hall–Kier alpha value is -1.90. The predicted octanol–water partition coefficient (Wildman–Crippen LogP) is 2.21. The van der Waals surface area contributed by atoms with Gasteiger partial charge in [0.1, 0.15) is 0 Å². The molecule has 0 aliphatic rings. The Balaban J connectivity index is 2.42. The Kier molecular flexibility index (Phi) is 2.14. The average molecular weight is 187 g/mol. The van der Waals surface area contributed by atoms with Crippen LogP contribution < -0.4 is 0 Å². The molecule has 3 nitrogen and oxygen atoms in total. The SMILES string of the molecule is Cc1ncccc1C(=O)c1ccco1. The van der Waals surface area contributed by atoms with Gasteiger partial charge in [0.05, 0.1) is 6.26 Å². The number of rotatable bonds is 2. The maximum Gasteiger partial charge on any atom is 0.229 e. The first-order valence-corrected chi connectivity index (χ1v) is 4.29. The van der Waals surface area contributed by atoms with E-state index in [0.717, 1.165) is 0 Å². The first kappa shape index (κ1) is 8.69. The Labute approximate surface area is 81.4 Å². The molecule has 3 heteroatoms. The third-order valence-electron chi connectivity index (χ3n) is 2.00. The van der Waals surface area contributed by atoms with Crippen molar-refractivity contribution < 1.29 is 9.21 Å². The zero-order valence-electron chi connectivity index (χ0n) is 7.73. The molecule has 0 N–H and O–H groups in total. The van der Waals surface area contributed by atoms with Crippen molar-refractivity contribution in [3.05, 3.63) is 53.7 Å². The van der Waals surface area contributed by atoms with E-state index in [9.17, 15) is 4.79 Å². The summed E-state index contributed by atoms with van der Waals surface area (Å²) in [4.78, 5) is 15.8. The van der Waals surface area contributed by atoms with E-state index >= 15 is 0 Å². The van der Waals surface area contributed by atoms with Gasteiger partial charge < -0.3 is 4.42 Å². The first-order chi connectivity index (χ1) is 6.79. The number of ketones is 1. The number of pyridine rings is 1. The van der Waals surface area contributed by atoms with E-state index in [0.29, 0.717) is 17.0 Å². The number of carbonyl (C=O) groups is 1. The molecule has 0 atom stereocenters. The van der Waals surface area contributed by atoms with E-state index in [-0.39, 0.29) is 5.78 Å². The summed E-state index contributed by atoms with van der Waals surface area (Å²) in [6, 6.07) is 6.82. The Bertz CT molecular complexity index is 446. The van der Waals surface area contributed by atoms with Crippen molar-refractivity contribution in [2.75, 3.05) is 0 Å². The number of carbonyl (C=O) groups excluding carboxylic acids is 1. The summed E-state index contributed by atoms with van der Waals surface area (Å²) in [7, 11) is 0. The smallest absolute Gasteiger partial charge is 0.229 e. The van der Waals surface area contributed by atoms with Crippen LogP contribution in [-0.4, -0.2) is 10.8 Å². The summed E-state index contributed by atoms with van der Waals surface area (Å²) < 4.78 is 5.03. The molecule has 0 amide bonds. The number of nitrogens with zero attached hydrogens (tertiary/aromatic N) is 1. The van der Waals surface area contributed by atoms with Crippen LogP contribution in [0.5, 0.6) is 0 Å². The summed E-state index contributed by atoms with van der Waals surface area (Å²) in [5, 5.41) is 0. The van der Waals surface area contributed by atoms with Gasteiger partial charge in [-0.3, -0.25) is 9.78 Å². The molecule has 0 fully saturated rings. The largest absolute Gasteiger partial charge is 0.461 e. The minimum Gasteiger partial charge on any atom is -0.461 e. The highest BCUT2D eigenvalue weighted by atomic mass is 16.3. The second-order valence-electron chi connectivity index (χ2n) is 2.94. The van der Waals surface area contributed by atoms with Crippen LogP contribution in [-0.2, 0) is 0 Å². The van der Waals surface area contributed by atoms with Gasteiger partial charge in [-0.05, 0) is 31.2 Å². The van der Waals surface area contributed by atoms with Gasteiger partial charge in [-0.2, -0.15) is 0 Å². The molecule has 2 aromatic heterocycles. The lowest BCUT2D eigenvalue weighted by atomic mass is 10.1. The second-order valence-corrected chi connectivity index (χ2v) is 2.94. The van der Waals surface area contributed by atoms with Crippen LogP contribution in [0, 0.1) is 6.92 Å². The molecule has 0 saturated heterocycles. The number of aromatic nitrogens is 1. The van der Waals surface area contributed by atoms with Gasteiger partial charge in [-0.25, -0.2) is 0 Å². The zero-order valence-corrected chi connectivity index (χ0v) is 7.73. The molecule has 14 heavy (non-hydrogen) atoms. The minimum atomic E-state index is -0.124. The van der Waals surface area contributed by atoms with E-state index < -0.39 is 0 Å². The number of aryl methyl sites for hydroxylation is 1. The van der Waals surface area contributed by atoms with Gasteiger partial charge in [0.2, 0.25) is 5.78 Å². The molecule has 0 spiro atoms. The van der Waals surface area contributed by atoms with Crippen LogP contribution in [0.15, 0.2) is 41.1 Å². The van der Waals surface area contributed by atoms with Crippen molar-refractivity contribution in [2.24, 2.45) is 0 Å². The van der Waals surface area contributed by atoms with E-state index in [2.05, 4.69) is 4.98 Å². The topological polar surface area (TPSA) is 43.1 Å². The van der Waals surface area contributed by atoms with Crippen molar-refractivity contribution in [1.29, 1.82) is 0 Å². The van der Waals surface area contributed by atoms with Gasteiger partial charge in [0.25, 0.3) is 0 Å². The molecular formula is C11H9NO2. The molecule has 0 aliphatic heterocycles. The third-order valence-corrected chi connectivity index (χ3v) is 2.00. The van der Waals surface area contributed by atoms with E-state index in [4.69, 9.17) is 4.42 Å². The molecular weight excluding hydrogens is 178 g/mol. The van der Waals surface area contributed by atoms with Crippen LogP contribution >= 0.6 is 0 Å². The summed E-state index contributed by atoms with van der Waals surface area (Å²) >= 11 is 0. The van der Waals surface area contributed by atoms with Gasteiger partial charge in [-0.1, -0.05) is 0 Å². The fraction of sp³-hybridized carbons (Fsp3) is 0.0909. The van der Waals surface area contributed by atoms with Crippen molar-refractivity contribution in [3.63, 3.8) is 0 Å². The highest BCUT2D eigenvalue weighted by molar-refractivity contribution is 6.07. The summed E-state index contributed by atoms with van der Waals surface area (Å²) in [5.41, 5.74) is 1.30. The molecule has 2 aromatic rings. The van der Waals surface area contributed by atoms with Gasteiger partial charge >= 0.3 is 0 Å². The zero-order chi connectivity index (χ0) is 9.97. The standard InChI is InChI=1S/C11H9NO2/c1-8-9(4-2-6-12-8)11(13)10-5-3-7-14-10/h2-7H,1H3. The first-order valence-electron chi connectivity index (χ1n) is 4.29. The highest BCUT2D eigenvalue weighted by Gasteiger charge is 2.13. The Morgan fingerprint density at radius 1 is 1.36 bits per heavy atom. The molecule has 0 unspecified atom stereocenters. The molecule has 2 rings (SSSR count). The molecule has 0 radical (unpaired) electrons. The molecule has 0 saturated carbocycles. The Morgan fingerprint density at radius 2 is 2.21 bits per heavy atom. The molecule has 0 aromatic carbocycles. The van der Waals surface area contributed by atoms with Gasteiger partial charge in [0.15, 0.2) is 5.76 Å². The van der Waals surface area contributed by atoms with E-state index in [1.54, 1.807) is 37.4 Å². The van der Waals surface area contributed by atoms with Crippen LogP contribution in [0.2, 0.25) is 0 Å². The average Bonchev–Trinajstić information content (AvgIpc) is 2.70. The quantitative estimate of drug-likeness (QED) is 0.677. The maximum atomic E-state index is 11.8. The number of hydrogen-bond acceptors (Lipinski definition) is 3.